The molecule has 0 aromatic rings. The summed E-state index contributed by atoms with van der Waals surface area (Å²) in [7, 11) is -4.10. The standard InChI is InChI=1S/C19H42O3Si2/c1-9-11-13-15-23(7,17(3)4)21-19(20)22-24(8,18(5)6)16-14-12-10-2/h17-18H,9-16H2,1-8H3. The second kappa shape index (κ2) is 11.3. The number of rotatable bonds is 12. The largest absolute Gasteiger partial charge is 0.490 e. The third-order valence-electron chi connectivity index (χ3n) is 5.63. The second-order valence-electron chi connectivity index (χ2n) is 8.30. The first kappa shape index (κ1) is 23.7. The fourth-order valence-corrected chi connectivity index (χ4v) is 7.43. The summed E-state index contributed by atoms with van der Waals surface area (Å²) in [6.45, 7) is 17.5. The van der Waals surface area contributed by atoms with Crippen molar-refractivity contribution in [1.29, 1.82) is 0 Å². The molecule has 0 amide bonds. The minimum atomic E-state index is -2.05. The highest BCUT2D eigenvalue weighted by Gasteiger charge is 2.41. The highest BCUT2D eigenvalue weighted by atomic mass is 28.4. The van der Waals surface area contributed by atoms with Crippen molar-refractivity contribution in [3.8, 4) is 0 Å². The van der Waals surface area contributed by atoms with Crippen molar-refractivity contribution in [1.82, 2.24) is 0 Å². The van der Waals surface area contributed by atoms with Gasteiger partial charge in [-0.1, -0.05) is 80.1 Å². The Morgan fingerprint density at radius 3 is 1.33 bits per heavy atom. The molecule has 144 valence electrons. The maximum absolute atomic E-state index is 12.6. The van der Waals surface area contributed by atoms with Gasteiger partial charge in [-0.3, -0.25) is 0 Å². The van der Waals surface area contributed by atoms with Gasteiger partial charge in [0.05, 0.1) is 0 Å². The van der Waals surface area contributed by atoms with Crippen LogP contribution >= 0.6 is 0 Å². The van der Waals surface area contributed by atoms with Crippen LogP contribution in [0.3, 0.4) is 0 Å². The molecule has 0 saturated heterocycles. The van der Waals surface area contributed by atoms with Gasteiger partial charge in [-0.05, 0) is 36.3 Å². The molecule has 24 heavy (non-hydrogen) atoms. The van der Waals surface area contributed by atoms with Crippen LogP contribution in [0.15, 0.2) is 0 Å². The van der Waals surface area contributed by atoms with E-state index in [-0.39, 0.29) is 6.16 Å². The van der Waals surface area contributed by atoms with Crippen LogP contribution in [0.2, 0.25) is 36.3 Å². The molecule has 0 spiro atoms. The van der Waals surface area contributed by atoms with Crippen molar-refractivity contribution in [2.45, 2.75) is 116 Å². The van der Waals surface area contributed by atoms with E-state index in [2.05, 4.69) is 54.6 Å². The Bertz CT molecular complexity index is 329. The molecule has 0 aliphatic heterocycles. The van der Waals surface area contributed by atoms with Gasteiger partial charge in [0.25, 0.3) is 16.6 Å². The number of carbonyl (C=O) groups is 1. The molecule has 2 unspecified atom stereocenters. The highest BCUT2D eigenvalue weighted by molar-refractivity contribution is 6.77. The maximum Gasteiger partial charge on any atom is 0.480 e. The Kier molecular flexibility index (Phi) is 11.2. The molecule has 0 rings (SSSR count). The Morgan fingerprint density at radius 1 is 0.750 bits per heavy atom. The zero-order valence-electron chi connectivity index (χ0n) is 17.5. The van der Waals surface area contributed by atoms with Crippen LogP contribution in [-0.2, 0) is 8.85 Å². The SMILES string of the molecule is CCCCC[Si](C)(OC(=O)O[Si](C)(CCCCC)C(C)C)C(C)C. The number of unbranched alkanes of at least 4 members (excludes halogenated alkanes) is 4. The Hall–Kier alpha value is -0.296. The van der Waals surface area contributed by atoms with Crippen LogP contribution in [0.5, 0.6) is 0 Å². The molecule has 3 nitrogen and oxygen atoms in total. The Balaban J connectivity index is 4.83. The molecular weight excluding hydrogens is 332 g/mol. The first-order valence-corrected chi connectivity index (χ1v) is 15.4. The van der Waals surface area contributed by atoms with Crippen molar-refractivity contribution in [3.63, 3.8) is 0 Å². The molecule has 0 aliphatic carbocycles. The second-order valence-corrected chi connectivity index (χ2v) is 17.3. The monoisotopic (exact) mass is 374 g/mol. The summed E-state index contributed by atoms with van der Waals surface area (Å²) in [5, 5.41) is 0. The molecule has 2 atom stereocenters. The molecule has 0 saturated carbocycles. The summed E-state index contributed by atoms with van der Waals surface area (Å²) < 4.78 is 12.0. The number of hydrogen-bond donors (Lipinski definition) is 0. The summed E-state index contributed by atoms with van der Waals surface area (Å²) in [5.41, 5.74) is 0.850. The zero-order valence-corrected chi connectivity index (χ0v) is 19.5. The first-order chi connectivity index (χ1) is 11.1. The normalized spacial score (nSPS) is 16.8. The summed E-state index contributed by atoms with van der Waals surface area (Å²) in [6.07, 6.45) is 6.74. The van der Waals surface area contributed by atoms with Crippen molar-refractivity contribution in [2.75, 3.05) is 0 Å². The minimum absolute atomic E-state index is 0.381. The van der Waals surface area contributed by atoms with Crippen molar-refractivity contribution >= 4 is 22.8 Å². The van der Waals surface area contributed by atoms with E-state index in [1.165, 1.54) is 25.7 Å². The number of carbonyl (C=O) groups excluding carboxylic acids is 1. The van der Waals surface area contributed by atoms with Gasteiger partial charge in [0.2, 0.25) is 0 Å². The molecule has 0 aromatic heterocycles. The lowest BCUT2D eigenvalue weighted by Gasteiger charge is -2.35. The van der Waals surface area contributed by atoms with E-state index in [1.54, 1.807) is 0 Å². The summed E-state index contributed by atoms with van der Waals surface area (Å²) in [4.78, 5) is 12.6. The van der Waals surface area contributed by atoms with Crippen molar-refractivity contribution in [3.05, 3.63) is 0 Å². The molecular formula is C19H42O3Si2. The molecule has 0 bridgehead atoms. The molecule has 0 radical (unpaired) electrons. The van der Waals surface area contributed by atoms with Crippen molar-refractivity contribution in [2.24, 2.45) is 0 Å². The van der Waals surface area contributed by atoms with Gasteiger partial charge in [-0.15, -0.1) is 0 Å². The molecule has 0 heterocycles. The van der Waals surface area contributed by atoms with E-state index in [0.29, 0.717) is 11.1 Å². The third kappa shape index (κ3) is 8.19. The van der Waals surface area contributed by atoms with E-state index in [9.17, 15) is 4.79 Å². The fraction of sp³-hybridized carbons (Fsp3) is 0.947. The summed E-state index contributed by atoms with van der Waals surface area (Å²) in [6, 6.07) is 2.09. The van der Waals surface area contributed by atoms with Gasteiger partial charge in [-0.25, -0.2) is 4.79 Å². The van der Waals surface area contributed by atoms with Gasteiger partial charge < -0.3 is 8.85 Å². The molecule has 0 N–H and O–H groups in total. The van der Waals surface area contributed by atoms with Gasteiger partial charge in [0.15, 0.2) is 0 Å². The summed E-state index contributed by atoms with van der Waals surface area (Å²) >= 11 is 0. The van der Waals surface area contributed by atoms with Crippen LogP contribution in [-0.4, -0.2) is 22.8 Å². The van der Waals surface area contributed by atoms with Crippen molar-refractivity contribution < 1.29 is 13.6 Å². The van der Waals surface area contributed by atoms with Gasteiger partial charge in [0, 0.05) is 0 Å². The molecule has 5 heteroatoms. The third-order valence-corrected chi connectivity index (χ3v) is 14.5. The van der Waals surface area contributed by atoms with Crippen LogP contribution in [0.4, 0.5) is 4.79 Å². The molecule has 0 aliphatic rings. The minimum Gasteiger partial charge on any atom is -0.490 e. The predicted molar refractivity (Wildman–Crippen MR) is 110 cm³/mol. The quantitative estimate of drug-likeness (QED) is 0.262. The van der Waals surface area contributed by atoms with Gasteiger partial charge >= 0.3 is 6.16 Å². The highest BCUT2D eigenvalue weighted by Crippen LogP contribution is 2.32. The average molecular weight is 375 g/mol. The lowest BCUT2D eigenvalue weighted by atomic mass is 10.3. The summed E-state index contributed by atoms with van der Waals surface area (Å²) in [5.74, 6) is 0. The van der Waals surface area contributed by atoms with Crippen LogP contribution in [0.1, 0.15) is 80.1 Å². The lowest BCUT2D eigenvalue weighted by Crippen LogP contribution is -2.45. The van der Waals surface area contributed by atoms with Crippen LogP contribution in [0.25, 0.3) is 0 Å². The fourth-order valence-electron chi connectivity index (χ4n) is 2.77. The van der Waals surface area contributed by atoms with Crippen LogP contribution in [0, 0.1) is 0 Å². The van der Waals surface area contributed by atoms with Crippen LogP contribution < -0.4 is 0 Å². The first-order valence-electron chi connectivity index (χ1n) is 10.0. The average Bonchev–Trinajstić information content (AvgIpc) is 2.47. The van der Waals surface area contributed by atoms with E-state index in [0.717, 1.165) is 24.9 Å². The Labute approximate surface area is 153 Å². The smallest absolute Gasteiger partial charge is 0.480 e. The number of hydrogen-bond acceptors (Lipinski definition) is 3. The van der Waals surface area contributed by atoms with Gasteiger partial charge in [0.1, 0.15) is 0 Å². The molecule has 0 fully saturated rings. The lowest BCUT2D eigenvalue weighted by molar-refractivity contribution is 0.143. The van der Waals surface area contributed by atoms with Gasteiger partial charge in [-0.2, -0.15) is 0 Å². The molecule has 0 aromatic carbocycles. The topological polar surface area (TPSA) is 35.5 Å². The zero-order chi connectivity index (χ0) is 18.8. The maximum atomic E-state index is 12.6. The van der Waals surface area contributed by atoms with E-state index >= 15 is 0 Å². The van der Waals surface area contributed by atoms with E-state index in [1.807, 2.05) is 0 Å². The Morgan fingerprint density at radius 2 is 1.08 bits per heavy atom. The van der Waals surface area contributed by atoms with E-state index in [4.69, 9.17) is 8.85 Å². The van der Waals surface area contributed by atoms with E-state index < -0.39 is 16.6 Å². The predicted octanol–water partition coefficient (Wildman–Crippen LogP) is 7.49.